The van der Waals surface area contributed by atoms with E-state index in [0.29, 0.717) is 13.0 Å². The van der Waals surface area contributed by atoms with Crippen LogP contribution in [-0.2, 0) is 31.7 Å². The SMILES string of the molecule is CC(C)(C)[Si](C)(C)OCCn1cc(CCCOS(C)(=O)=O)c2ccccc21. The van der Waals surface area contributed by atoms with Gasteiger partial charge in [0.15, 0.2) is 8.32 Å². The van der Waals surface area contributed by atoms with Gasteiger partial charge in [0.1, 0.15) is 0 Å². The van der Waals surface area contributed by atoms with Crippen molar-refractivity contribution >= 4 is 29.3 Å². The largest absolute Gasteiger partial charge is 0.415 e. The summed E-state index contributed by atoms with van der Waals surface area (Å²) in [5.41, 5.74) is 2.41. The minimum Gasteiger partial charge on any atom is -0.415 e. The lowest BCUT2D eigenvalue weighted by Crippen LogP contribution is -2.41. The van der Waals surface area contributed by atoms with Gasteiger partial charge < -0.3 is 8.99 Å². The Kier molecular flexibility index (Phi) is 6.94. The molecule has 1 heterocycles. The summed E-state index contributed by atoms with van der Waals surface area (Å²) in [6.45, 7) is 13.0. The third kappa shape index (κ3) is 6.17. The highest BCUT2D eigenvalue weighted by Crippen LogP contribution is 2.36. The Morgan fingerprint density at radius 2 is 1.78 bits per heavy atom. The zero-order valence-electron chi connectivity index (χ0n) is 17.4. The lowest BCUT2D eigenvalue weighted by Gasteiger charge is -2.36. The zero-order chi connectivity index (χ0) is 20.3. The van der Waals surface area contributed by atoms with E-state index in [1.54, 1.807) is 0 Å². The Bertz CT molecular complexity index is 866. The van der Waals surface area contributed by atoms with Crippen molar-refractivity contribution in [2.75, 3.05) is 19.5 Å². The first-order valence-corrected chi connectivity index (χ1v) is 14.2. The van der Waals surface area contributed by atoms with Gasteiger partial charge in [-0.05, 0) is 42.6 Å². The maximum Gasteiger partial charge on any atom is 0.264 e. The molecule has 2 rings (SSSR count). The highest BCUT2D eigenvalue weighted by Gasteiger charge is 2.36. The molecule has 0 aliphatic rings. The maximum atomic E-state index is 11.1. The lowest BCUT2D eigenvalue weighted by molar-refractivity contribution is 0.273. The Morgan fingerprint density at radius 3 is 2.41 bits per heavy atom. The van der Waals surface area contributed by atoms with Crippen LogP contribution in [0.3, 0.4) is 0 Å². The van der Waals surface area contributed by atoms with Gasteiger partial charge in [-0.25, -0.2) is 0 Å². The van der Waals surface area contributed by atoms with Crippen molar-refractivity contribution in [3.05, 3.63) is 36.0 Å². The maximum absolute atomic E-state index is 11.1. The third-order valence-corrected chi connectivity index (χ3v) is 10.5. The minimum atomic E-state index is -3.37. The van der Waals surface area contributed by atoms with Crippen LogP contribution in [-0.4, -0.2) is 40.8 Å². The quantitative estimate of drug-likeness (QED) is 0.344. The summed E-state index contributed by atoms with van der Waals surface area (Å²) in [6, 6.07) is 8.32. The predicted molar refractivity (Wildman–Crippen MR) is 114 cm³/mol. The molecule has 0 atom stereocenters. The smallest absolute Gasteiger partial charge is 0.264 e. The molecule has 0 saturated carbocycles. The standard InChI is InChI=1S/C20H33NO4SSi/c1-20(2,3)27(5,6)25-15-13-21-16-17(10-9-14-24-26(4,22)23)18-11-7-8-12-19(18)21/h7-8,11-12,16H,9-10,13-15H2,1-6H3. The Labute approximate surface area is 164 Å². The number of hydrogen-bond donors (Lipinski definition) is 0. The fourth-order valence-corrected chi connectivity index (χ4v) is 4.25. The summed E-state index contributed by atoms with van der Waals surface area (Å²) in [5.74, 6) is 0. The average Bonchev–Trinajstić information content (AvgIpc) is 2.88. The molecular weight excluding hydrogens is 378 g/mol. The van der Waals surface area contributed by atoms with Gasteiger partial charge in [-0.3, -0.25) is 4.18 Å². The molecule has 0 aliphatic carbocycles. The number of fused-ring (bicyclic) bond motifs is 1. The van der Waals surface area contributed by atoms with Gasteiger partial charge in [0.25, 0.3) is 10.1 Å². The monoisotopic (exact) mass is 411 g/mol. The molecular formula is C20H33NO4SSi. The number of para-hydroxylation sites is 1. The molecule has 27 heavy (non-hydrogen) atoms. The van der Waals surface area contributed by atoms with Gasteiger partial charge in [0.2, 0.25) is 0 Å². The molecule has 0 unspecified atom stereocenters. The van der Waals surface area contributed by atoms with E-state index < -0.39 is 18.4 Å². The van der Waals surface area contributed by atoms with E-state index in [0.717, 1.165) is 19.2 Å². The second kappa shape index (κ2) is 8.47. The summed E-state index contributed by atoms with van der Waals surface area (Å²) >= 11 is 0. The first kappa shape index (κ1) is 22.1. The lowest BCUT2D eigenvalue weighted by atomic mass is 10.1. The fourth-order valence-electron chi connectivity index (χ4n) is 2.80. The summed E-state index contributed by atoms with van der Waals surface area (Å²) in [4.78, 5) is 0. The predicted octanol–water partition coefficient (Wildman–Crippen LogP) is 4.57. The number of hydrogen-bond acceptors (Lipinski definition) is 4. The van der Waals surface area contributed by atoms with Crippen LogP contribution in [0.1, 0.15) is 32.8 Å². The summed E-state index contributed by atoms with van der Waals surface area (Å²) < 4.78 is 35.6. The molecule has 7 heteroatoms. The molecule has 0 fully saturated rings. The number of nitrogens with zero attached hydrogens (tertiary/aromatic N) is 1. The van der Waals surface area contributed by atoms with E-state index in [4.69, 9.17) is 8.61 Å². The van der Waals surface area contributed by atoms with E-state index in [9.17, 15) is 8.42 Å². The molecule has 0 aliphatic heterocycles. The molecule has 0 N–H and O–H groups in total. The molecule has 0 bridgehead atoms. The molecule has 1 aromatic heterocycles. The van der Waals surface area contributed by atoms with Crippen molar-refractivity contribution in [2.24, 2.45) is 0 Å². The molecule has 0 saturated heterocycles. The topological polar surface area (TPSA) is 57.5 Å². The molecule has 0 radical (unpaired) electrons. The van der Waals surface area contributed by atoms with Crippen LogP contribution in [0.15, 0.2) is 30.5 Å². The van der Waals surface area contributed by atoms with Crippen LogP contribution in [0.5, 0.6) is 0 Å². The van der Waals surface area contributed by atoms with E-state index in [-0.39, 0.29) is 11.6 Å². The molecule has 0 amide bonds. The fraction of sp³-hybridized carbons (Fsp3) is 0.600. The first-order chi connectivity index (χ1) is 12.4. The Morgan fingerprint density at radius 1 is 1.11 bits per heavy atom. The third-order valence-electron chi connectivity index (χ3n) is 5.36. The Hall–Kier alpha value is -1.15. The molecule has 152 valence electrons. The van der Waals surface area contributed by atoms with Crippen molar-refractivity contribution in [2.45, 2.75) is 58.3 Å². The molecule has 1 aromatic carbocycles. The van der Waals surface area contributed by atoms with Crippen molar-refractivity contribution in [3.63, 3.8) is 0 Å². The number of aromatic nitrogens is 1. The van der Waals surface area contributed by atoms with E-state index >= 15 is 0 Å². The van der Waals surface area contributed by atoms with Gasteiger partial charge in [-0.15, -0.1) is 0 Å². The van der Waals surface area contributed by atoms with Crippen LogP contribution < -0.4 is 0 Å². The van der Waals surface area contributed by atoms with E-state index in [1.165, 1.54) is 16.5 Å². The van der Waals surface area contributed by atoms with Crippen LogP contribution >= 0.6 is 0 Å². The van der Waals surface area contributed by atoms with Crippen LogP contribution in [0, 0.1) is 0 Å². The van der Waals surface area contributed by atoms with Crippen LogP contribution in [0.2, 0.25) is 18.1 Å². The van der Waals surface area contributed by atoms with Gasteiger partial charge in [-0.2, -0.15) is 8.42 Å². The van der Waals surface area contributed by atoms with Crippen molar-refractivity contribution in [3.8, 4) is 0 Å². The highest BCUT2D eigenvalue weighted by molar-refractivity contribution is 7.85. The van der Waals surface area contributed by atoms with Crippen LogP contribution in [0.4, 0.5) is 0 Å². The number of benzene rings is 1. The van der Waals surface area contributed by atoms with Gasteiger partial charge in [-0.1, -0.05) is 39.0 Å². The normalized spacial score (nSPS) is 13.4. The van der Waals surface area contributed by atoms with E-state index in [2.05, 4.69) is 56.8 Å². The number of aryl methyl sites for hydroxylation is 1. The second-order valence-corrected chi connectivity index (χ2v) is 15.1. The summed E-state index contributed by atoms with van der Waals surface area (Å²) in [5, 5.41) is 1.42. The molecule has 2 aromatic rings. The molecule has 0 spiro atoms. The van der Waals surface area contributed by atoms with Gasteiger partial charge in [0, 0.05) is 23.6 Å². The van der Waals surface area contributed by atoms with Crippen molar-refractivity contribution in [1.82, 2.24) is 4.57 Å². The highest BCUT2D eigenvalue weighted by atomic mass is 32.2. The van der Waals surface area contributed by atoms with Crippen LogP contribution in [0.25, 0.3) is 10.9 Å². The zero-order valence-corrected chi connectivity index (χ0v) is 19.2. The summed E-state index contributed by atoms with van der Waals surface area (Å²) in [7, 11) is -5.12. The van der Waals surface area contributed by atoms with Crippen molar-refractivity contribution < 1.29 is 17.0 Å². The van der Waals surface area contributed by atoms with E-state index in [1.807, 2.05) is 12.1 Å². The van der Waals surface area contributed by atoms with Gasteiger partial charge >= 0.3 is 0 Å². The number of rotatable bonds is 9. The first-order valence-electron chi connectivity index (χ1n) is 9.46. The Balaban J connectivity index is 2.05. The molecule has 5 nitrogen and oxygen atoms in total. The minimum absolute atomic E-state index is 0.205. The summed E-state index contributed by atoms with van der Waals surface area (Å²) in [6.07, 6.45) is 4.70. The average molecular weight is 412 g/mol. The second-order valence-electron chi connectivity index (χ2n) is 8.60. The van der Waals surface area contributed by atoms with Gasteiger partial charge in [0.05, 0.1) is 19.5 Å². The van der Waals surface area contributed by atoms with Crippen molar-refractivity contribution in [1.29, 1.82) is 0 Å².